The molecule has 0 aromatic heterocycles. The van der Waals surface area contributed by atoms with Crippen LogP contribution in [0.15, 0.2) is 18.2 Å². The molecule has 0 unspecified atom stereocenters. The van der Waals surface area contributed by atoms with E-state index < -0.39 is 0 Å². The summed E-state index contributed by atoms with van der Waals surface area (Å²) in [6, 6.07) is 6.23. The molecule has 0 aliphatic carbocycles. The third-order valence-electron chi connectivity index (χ3n) is 2.03. The molecule has 16 heavy (non-hydrogen) atoms. The van der Waals surface area contributed by atoms with Crippen molar-refractivity contribution in [1.29, 1.82) is 0 Å². The molecule has 92 valence electrons. The van der Waals surface area contributed by atoms with E-state index in [0.717, 1.165) is 31.0 Å². The van der Waals surface area contributed by atoms with Crippen LogP contribution in [0.1, 0.15) is 39.7 Å². The Morgan fingerprint density at radius 3 is 2.50 bits per heavy atom. The average Bonchev–Trinajstić information content (AvgIpc) is 2.59. The van der Waals surface area contributed by atoms with Crippen LogP contribution in [0.25, 0.3) is 0 Å². The largest absolute Gasteiger partial charge is 0.491 e. The lowest BCUT2D eigenvalue weighted by molar-refractivity contribution is 0.323. The standard InChI is InChI=1S/C10H13NO.2C2H6/c1-8-3-4-10-9(7-8)11-5-2-6-12-10;2*1-2/h3-4,7,11H,2,5-6H2,1H3;2*1-2H3. The fourth-order valence-corrected chi connectivity index (χ4v) is 1.39. The lowest BCUT2D eigenvalue weighted by Crippen LogP contribution is -2.00. The summed E-state index contributed by atoms with van der Waals surface area (Å²) < 4.78 is 5.54. The fourth-order valence-electron chi connectivity index (χ4n) is 1.39. The molecule has 0 atom stereocenters. The molecular weight excluding hydrogens is 198 g/mol. The summed E-state index contributed by atoms with van der Waals surface area (Å²) >= 11 is 0. The Morgan fingerprint density at radius 2 is 1.81 bits per heavy atom. The monoisotopic (exact) mass is 223 g/mol. The van der Waals surface area contributed by atoms with E-state index in [1.807, 2.05) is 33.8 Å². The van der Waals surface area contributed by atoms with E-state index in [0.29, 0.717) is 0 Å². The predicted octanol–water partition coefficient (Wildman–Crippen LogP) is 4.24. The van der Waals surface area contributed by atoms with Crippen molar-refractivity contribution in [3.63, 3.8) is 0 Å². The number of anilines is 1. The number of nitrogens with one attached hydrogen (secondary N) is 1. The summed E-state index contributed by atoms with van der Waals surface area (Å²) in [5.41, 5.74) is 2.40. The van der Waals surface area contributed by atoms with Crippen LogP contribution in [-0.2, 0) is 0 Å². The summed E-state index contributed by atoms with van der Waals surface area (Å²) in [5, 5.41) is 3.34. The van der Waals surface area contributed by atoms with Gasteiger partial charge in [-0.3, -0.25) is 0 Å². The van der Waals surface area contributed by atoms with Gasteiger partial charge in [-0.2, -0.15) is 0 Å². The molecular formula is C14H25NO. The first-order valence-electron chi connectivity index (χ1n) is 6.33. The number of ether oxygens (including phenoxy) is 1. The first kappa shape index (κ1) is 14.8. The highest BCUT2D eigenvalue weighted by Crippen LogP contribution is 2.27. The average molecular weight is 223 g/mol. The maximum Gasteiger partial charge on any atom is 0.142 e. The van der Waals surface area contributed by atoms with Crippen molar-refractivity contribution in [2.75, 3.05) is 18.5 Å². The Hall–Kier alpha value is -1.18. The van der Waals surface area contributed by atoms with Gasteiger partial charge in [0, 0.05) is 6.54 Å². The Bertz CT molecular complexity index is 284. The van der Waals surface area contributed by atoms with E-state index in [-0.39, 0.29) is 0 Å². The second-order valence-corrected chi connectivity index (χ2v) is 3.13. The minimum absolute atomic E-state index is 0.822. The molecule has 0 fully saturated rings. The Balaban J connectivity index is 0.000000509. The lowest BCUT2D eigenvalue weighted by Gasteiger charge is -2.07. The zero-order valence-corrected chi connectivity index (χ0v) is 11.3. The van der Waals surface area contributed by atoms with Crippen molar-refractivity contribution in [3.8, 4) is 5.75 Å². The van der Waals surface area contributed by atoms with Crippen LogP contribution in [0.3, 0.4) is 0 Å². The second-order valence-electron chi connectivity index (χ2n) is 3.13. The molecule has 0 amide bonds. The molecule has 1 heterocycles. The molecule has 2 nitrogen and oxygen atoms in total. The number of benzene rings is 1. The smallest absolute Gasteiger partial charge is 0.142 e. The Morgan fingerprint density at radius 1 is 1.12 bits per heavy atom. The van der Waals surface area contributed by atoms with E-state index in [9.17, 15) is 0 Å². The van der Waals surface area contributed by atoms with Crippen molar-refractivity contribution in [3.05, 3.63) is 23.8 Å². The molecule has 1 aliphatic rings. The number of rotatable bonds is 0. The molecule has 2 heteroatoms. The van der Waals surface area contributed by atoms with E-state index in [2.05, 4.69) is 24.4 Å². The van der Waals surface area contributed by atoms with Crippen LogP contribution in [-0.4, -0.2) is 13.2 Å². The summed E-state index contributed by atoms with van der Waals surface area (Å²) in [6.45, 7) is 11.9. The van der Waals surface area contributed by atoms with E-state index in [1.54, 1.807) is 0 Å². The van der Waals surface area contributed by atoms with Gasteiger partial charge in [-0.1, -0.05) is 33.8 Å². The molecule has 1 aliphatic heterocycles. The highest BCUT2D eigenvalue weighted by Gasteiger charge is 2.06. The molecule has 0 spiro atoms. The first-order valence-corrected chi connectivity index (χ1v) is 6.33. The normalized spacial score (nSPS) is 12.3. The summed E-state index contributed by atoms with van der Waals surface area (Å²) in [6.07, 6.45) is 1.08. The molecule has 1 aromatic rings. The van der Waals surface area contributed by atoms with Crippen LogP contribution in [0.5, 0.6) is 5.75 Å². The van der Waals surface area contributed by atoms with Crippen LogP contribution in [0.4, 0.5) is 5.69 Å². The van der Waals surface area contributed by atoms with Gasteiger partial charge in [0.15, 0.2) is 0 Å². The van der Waals surface area contributed by atoms with Gasteiger partial charge in [-0.05, 0) is 31.0 Å². The van der Waals surface area contributed by atoms with Crippen LogP contribution in [0, 0.1) is 6.92 Å². The molecule has 0 saturated carbocycles. The van der Waals surface area contributed by atoms with E-state index in [1.165, 1.54) is 5.56 Å². The highest BCUT2D eigenvalue weighted by molar-refractivity contribution is 5.58. The number of hydrogen-bond donors (Lipinski definition) is 1. The maximum atomic E-state index is 5.54. The van der Waals surface area contributed by atoms with Crippen molar-refractivity contribution in [2.45, 2.75) is 41.0 Å². The molecule has 0 radical (unpaired) electrons. The van der Waals surface area contributed by atoms with Gasteiger partial charge < -0.3 is 10.1 Å². The van der Waals surface area contributed by atoms with Crippen LogP contribution < -0.4 is 10.1 Å². The molecule has 2 rings (SSSR count). The Kier molecular flexibility index (Phi) is 8.41. The molecule has 1 N–H and O–H groups in total. The number of hydrogen-bond acceptors (Lipinski definition) is 2. The molecule has 0 bridgehead atoms. The highest BCUT2D eigenvalue weighted by atomic mass is 16.5. The first-order chi connectivity index (χ1) is 7.86. The third kappa shape index (κ3) is 4.56. The van der Waals surface area contributed by atoms with Gasteiger partial charge in [0.2, 0.25) is 0 Å². The van der Waals surface area contributed by atoms with Crippen molar-refractivity contribution < 1.29 is 4.74 Å². The summed E-state index contributed by atoms with van der Waals surface area (Å²) in [4.78, 5) is 0. The predicted molar refractivity (Wildman–Crippen MR) is 72.5 cm³/mol. The van der Waals surface area contributed by atoms with E-state index >= 15 is 0 Å². The van der Waals surface area contributed by atoms with Crippen molar-refractivity contribution >= 4 is 5.69 Å². The van der Waals surface area contributed by atoms with Crippen LogP contribution >= 0.6 is 0 Å². The minimum atomic E-state index is 0.822. The van der Waals surface area contributed by atoms with Gasteiger partial charge >= 0.3 is 0 Å². The minimum Gasteiger partial charge on any atom is -0.491 e. The maximum absolute atomic E-state index is 5.54. The second kappa shape index (κ2) is 9.08. The quantitative estimate of drug-likeness (QED) is 0.710. The van der Waals surface area contributed by atoms with Crippen LogP contribution in [0.2, 0.25) is 0 Å². The molecule has 1 aromatic carbocycles. The summed E-state index contributed by atoms with van der Waals surface area (Å²) in [7, 11) is 0. The zero-order valence-electron chi connectivity index (χ0n) is 11.3. The van der Waals surface area contributed by atoms with Gasteiger partial charge in [-0.15, -0.1) is 0 Å². The van der Waals surface area contributed by atoms with Gasteiger partial charge in [-0.25, -0.2) is 0 Å². The van der Waals surface area contributed by atoms with E-state index in [4.69, 9.17) is 4.74 Å². The van der Waals surface area contributed by atoms with Gasteiger partial charge in [0.1, 0.15) is 5.75 Å². The Labute approximate surface area is 100 Å². The number of fused-ring (bicyclic) bond motifs is 1. The topological polar surface area (TPSA) is 21.3 Å². The molecule has 0 saturated heterocycles. The van der Waals surface area contributed by atoms with Gasteiger partial charge in [0.05, 0.1) is 12.3 Å². The SMILES string of the molecule is CC.CC.Cc1ccc2c(c1)NCCCO2. The zero-order chi connectivity index (χ0) is 12.4. The lowest BCUT2D eigenvalue weighted by atomic mass is 10.2. The number of aryl methyl sites for hydroxylation is 1. The summed E-state index contributed by atoms with van der Waals surface area (Å²) in [5.74, 6) is 0.984. The fraction of sp³-hybridized carbons (Fsp3) is 0.571. The third-order valence-corrected chi connectivity index (χ3v) is 2.03. The van der Waals surface area contributed by atoms with Crippen molar-refractivity contribution in [1.82, 2.24) is 0 Å². The van der Waals surface area contributed by atoms with Gasteiger partial charge in [0.25, 0.3) is 0 Å². The van der Waals surface area contributed by atoms with Crippen molar-refractivity contribution in [2.24, 2.45) is 0 Å².